The van der Waals surface area contributed by atoms with Crippen molar-refractivity contribution in [2.75, 3.05) is 79.0 Å². The second-order valence-corrected chi connectivity index (χ2v) is 8.09. The third kappa shape index (κ3) is 18.9. The van der Waals surface area contributed by atoms with E-state index in [2.05, 4.69) is 10.6 Å². The Balaban J connectivity index is 4.81. The zero-order chi connectivity index (χ0) is 25.9. The van der Waals surface area contributed by atoms with Gasteiger partial charge in [0, 0.05) is 32.7 Å². The molecular weight excluding hydrogens is 450 g/mol. The van der Waals surface area contributed by atoms with E-state index in [1.54, 1.807) is 0 Å². The number of unbranched alkanes of at least 4 members (excludes halogenated alkanes) is 2. The van der Waals surface area contributed by atoms with Crippen molar-refractivity contribution in [1.82, 2.24) is 25.3 Å². The number of hydrogen-bond acceptors (Lipinski definition) is 9. The van der Waals surface area contributed by atoms with Gasteiger partial charge >= 0.3 is 17.9 Å². The molecule has 0 aromatic carbocycles. The fourth-order valence-corrected chi connectivity index (χ4v) is 3.24. The van der Waals surface area contributed by atoms with Gasteiger partial charge < -0.3 is 26.0 Å². The summed E-state index contributed by atoms with van der Waals surface area (Å²) in [7, 11) is 1.87. The van der Waals surface area contributed by atoms with Crippen LogP contribution in [0.1, 0.15) is 26.2 Å². The third-order valence-corrected chi connectivity index (χ3v) is 4.78. The lowest BCUT2D eigenvalue weighted by Crippen LogP contribution is -2.46. The quantitative estimate of drug-likeness (QED) is 0.108. The summed E-state index contributed by atoms with van der Waals surface area (Å²) in [6.07, 6.45) is 2.76. The molecule has 0 fully saturated rings. The summed E-state index contributed by atoms with van der Waals surface area (Å²) in [5.41, 5.74) is 0. The van der Waals surface area contributed by atoms with E-state index in [-0.39, 0.29) is 70.6 Å². The molecule has 196 valence electrons. The van der Waals surface area contributed by atoms with E-state index < -0.39 is 17.9 Å². The van der Waals surface area contributed by atoms with Gasteiger partial charge in [0.05, 0.1) is 32.7 Å². The maximum atomic E-state index is 12.2. The first-order valence-electron chi connectivity index (χ1n) is 11.3. The molecule has 0 saturated heterocycles. The van der Waals surface area contributed by atoms with Crippen LogP contribution in [0.2, 0.25) is 0 Å². The second kappa shape index (κ2) is 18.8. The standard InChI is InChI=1S/C21H39N5O8/c1-17(27)12-25(15-20(31)32)10-8-24(14-19(29)30)9-11-26(16-21(33)34)13-18(28)23-7-5-3-4-6-22-2/h22H,3-16H2,1-2H3,(H,23,28)(H,29,30)(H,31,32)(H,33,34). The van der Waals surface area contributed by atoms with Crippen LogP contribution in [0.3, 0.4) is 0 Å². The maximum Gasteiger partial charge on any atom is 0.317 e. The molecule has 13 heteroatoms. The Morgan fingerprint density at radius 1 is 0.618 bits per heavy atom. The highest BCUT2D eigenvalue weighted by atomic mass is 16.4. The highest BCUT2D eigenvalue weighted by Gasteiger charge is 2.19. The lowest BCUT2D eigenvalue weighted by molar-refractivity contribution is -0.141. The molecule has 0 aliphatic heterocycles. The van der Waals surface area contributed by atoms with E-state index in [0.29, 0.717) is 6.54 Å². The van der Waals surface area contributed by atoms with Crippen LogP contribution in [0.5, 0.6) is 0 Å². The largest absolute Gasteiger partial charge is 0.480 e. The minimum atomic E-state index is -1.11. The summed E-state index contributed by atoms with van der Waals surface area (Å²) >= 11 is 0. The average molecular weight is 490 g/mol. The number of carboxylic acid groups (broad SMARTS) is 3. The molecule has 0 aromatic heterocycles. The molecule has 0 aromatic rings. The number of carbonyl (C=O) groups is 5. The van der Waals surface area contributed by atoms with Crippen LogP contribution in [0.4, 0.5) is 0 Å². The topological polar surface area (TPSA) is 180 Å². The molecule has 0 bridgehead atoms. The van der Waals surface area contributed by atoms with Gasteiger partial charge in [0.25, 0.3) is 0 Å². The van der Waals surface area contributed by atoms with E-state index >= 15 is 0 Å². The van der Waals surface area contributed by atoms with Crippen molar-refractivity contribution < 1.29 is 39.3 Å². The molecule has 1 amide bonds. The molecule has 0 heterocycles. The van der Waals surface area contributed by atoms with E-state index in [4.69, 9.17) is 10.2 Å². The highest BCUT2D eigenvalue weighted by Crippen LogP contribution is 1.98. The molecule has 0 saturated carbocycles. The van der Waals surface area contributed by atoms with Gasteiger partial charge in [0.15, 0.2) is 0 Å². The number of aliphatic carboxylic acids is 3. The fourth-order valence-electron chi connectivity index (χ4n) is 3.24. The maximum absolute atomic E-state index is 12.2. The molecule has 0 atom stereocenters. The highest BCUT2D eigenvalue weighted by molar-refractivity contribution is 5.79. The molecule has 0 unspecified atom stereocenters. The SMILES string of the molecule is CNCCCCCNC(=O)CN(CCN(CCN(CC(C)=O)CC(=O)O)CC(=O)O)CC(=O)O. The molecule has 13 nitrogen and oxygen atoms in total. The Morgan fingerprint density at radius 3 is 1.53 bits per heavy atom. The van der Waals surface area contributed by atoms with Crippen LogP contribution in [0, 0.1) is 0 Å². The number of carbonyl (C=O) groups excluding carboxylic acids is 2. The number of Topliss-reactive ketones (excluding diaryl/α,β-unsaturated/α-hetero) is 1. The van der Waals surface area contributed by atoms with Crippen LogP contribution in [0.25, 0.3) is 0 Å². The summed E-state index contributed by atoms with van der Waals surface area (Å²) in [6, 6.07) is 0. The lowest BCUT2D eigenvalue weighted by atomic mass is 10.2. The average Bonchev–Trinajstić information content (AvgIpc) is 2.70. The van der Waals surface area contributed by atoms with Crippen molar-refractivity contribution in [2.24, 2.45) is 0 Å². The van der Waals surface area contributed by atoms with Gasteiger partial charge in [-0.25, -0.2) is 0 Å². The van der Waals surface area contributed by atoms with Crippen molar-refractivity contribution in [2.45, 2.75) is 26.2 Å². The molecule has 34 heavy (non-hydrogen) atoms. The van der Waals surface area contributed by atoms with Crippen LogP contribution in [0.15, 0.2) is 0 Å². The first-order valence-corrected chi connectivity index (χ1v) is 11.3. The van der Waals surface area contributed by atoms with Crippen molar-refractivity contribution in [3.63, 3.8) is 0 Å². The Bertz CT molecular complexity index is 645. The number of amides is 1. The number of ketones is 1. The monoisotopic (exact) mass is 489 g/mol. The van der Waals surface area contributed by atoms with Crippen molar-refractivity contribution in [3.05, 3.63) is 0 Å². The summed E-state index contributed by atoms with van der Waals surface area (Å²) in [6.45, 7) is 2.00. The number of nitrogens with one attached hydrogen (secondary N) is 2. The summed E-state index contributed by atoms with van der Waals surface area (Å²) in [5, 5.41) is 33.2. The Kier molecular flexibility index (Phi) is 17.3. The predicted molar refractivity (Wildman–Crippen MR) is 124 cm³/mol. The Morgan fingerprint density at radius 2 is 1.06 bits per heavy atom. The zero-order valence-electron chi connectivity index (χ0n) is 20.1. The van der Waals surface area contributed by atoms with Gasteiger partial charge in [0.1, 0.15) is 5.78 Å². The normalized spacial score (nSPS) is 11.2. The third-order valence-electron chi connectivity index (χ3n) is 4.78. The first kappa shape index (κ1) is 31.4. The van der Waals surface area contributed by atoms with Crippen LogP contribution < -0.4 is 10.6 Å². The fraction of sp³-hybridized carbons (Fsp3) is 0.762. The van der Waals surface area contributed by atoms with E-state index in [0.717, 1.165) is 25.8 Å². The molecule has 0 rings (SSSR count). The number of nitrogens with zero attached hydrogens (tertiary/aromatic N) is 3. The van der Waals surface area contributed by atoms with Crippen LogP contribution in [-0.4, -0.2) is 139 Å². The molecule has 0 radical (unpaired) electrons. The van der Waals surface area contributed by atoms with Gasteiger partial charge in [-0.2, -0.15) is 0 Å². The smallest absolute Gasteiger partial charge is 0.317 e. The van der Waals surface area contributed by atoms with Gasteiger partial charge in [-0.05, 0) is 33.4 Å². The molecule has 0 aliphatic rings. The molecule has 0 aliphatic carbocycles. The summed E-state index contributed by atoms with van der Waals surface area (Å²) in [5.74, 6) is -3.84. The summed E-state index contributed by atoms with van der Waals surface area (Å²) < 4.78 is 0. The van der Waals surface area contributed by atoms with Gasteiger partial charge in [0.2, 0.25) is 5.91 Å². The molecular formula is C21H39N5O8. The second-order valence-electron chi connectivity index (χ2n) is 8.09. The van der Waals surface area contributed by atoms with Crippen molar-refractivity contribution >= 4 is 29.6 Å². The number of rotatable bonds is 22. The minimum Gasteiger partial charge on any atom is -0.480 e. The van der Waals surface area contributed by atoms with Crippen molar-refractivity contribution in [3.8, 4) is 0 Å². The molecule has 0 spiro atoms. The van der Waals surface area contributed by atoms with E-state index in [9.17, 15) is 29.1 Å². The van der Waals surface area contributed by atoms with E-state index in [1.165, 1.54) is 21.6 Å². The Hall–Kier alpha value is -2.61. The van der Waals surface area contributed by atoms with Gasteiger partial charge in [-0.3, -0.25) is 38.7 Å². The van der Waals surface area contributed by atoms with Crippen LogP contribution >= 0.6 is 0 Å². The first-order chi connectivity index (χ1) is 16.0. The lowest BCUT2D eigenvalue weighted by Gasteiger charge is -2.27. The van der Waals surface area contributed by atoms with Crippen LogP contribution in [-0.2, 0) is 24.0 Å². The number of carboxylic acids is 3. The number of hydrogen-bond donors (Lipinski definition) is 5. The van der Waals surface area contributed by atoms with Crippen molar-refractivity contribution in [1.29, 1.82) is 0 Å². The predicted octanol–water partition coefficient (Wildman–Crippen LogP) is -1.76. The molecule has 5 N–H and O–H groups in total. The van der Waals surface area contributed by atoms with Gasteiger partial charge in [-0.15, -0.1) is 0 Å². The minimum absolute atomic E-state index is 0.0759. The summed E-state index contributed by atoms with van der Waals surface area (Å²) in [4.78, 5) is 61.4. The Labute approximate surface area is 200 Å². The zero-order valence-corrected chi connectivity index (χ0v) is 20.1. The van der Waals surface area contributed by atoms with E-state index in [1.807, 2.05) is 7.05 Å². The van der Waals surface area contributed by atoms with Gasteiger partial charge in [-0.1, -0.05) is 6.42 Å².